The summed E-state index contributed by atoms with van der Waals surface area (Å²) in [5, 5.41) is 13.1. The van der Waals surface area contributed by atoms with Crippen molar-refractivity contribution in [3.05, 3.63) is 65.5 Å². The molecule has 1 fully saturated rings. The minimum Gasteiger partial charge on any atom is -0.334 e. The fraction of sp³-hybridized carbons (Fsp3) is 0.200. The Labute approximate surface area is 150 Å². The van der Waals surface area contributed by atoms with Gasteiger partial charge in [-0.15, -0.1) is 0 Å². The molecule has 0 N–H and O–H groups in total. The van der Waals surface area contributed by atoms with Crippen LogP contribution in [-0.2, 0) is 4.79 Å². The highest BCUT2D eigenvalue weighted by Crippen LogP contribution is 2.32. The quantitative estimate of drug-likeness (QED) is 0.727. The van der Waals surface area contributed by atoms with E-state index < -0.39 is 0 Å². The molecule has 1 aliphatic heterocycles. The van der Waals surface area contributed by atoms with Crippen molar-refractivity contribution < 1.29 is 9.32 Å². The summed E-state index contributed by atoms with van der Waals surface area (Å²) in [5.74, 6) is 0.826. The Morgan fingerprint density at radius 3 is 2.88 bits per heavy atom. The summed E-state index contributed by atoms with van der Waals surface area (Å²) in [6.07, 6.45) is 0.353. The molecule has 128 valence electrons. The first-order valence-corrected chi connectivity index (χ1v) is 8.36. The number of carbonyl (C=O) groups is 1. The molecule has 1 amide bonds. The third kappa shape index (κ3) is 2.84. The lowest BCUT2D eigenvalue weighted by atomic mass is 10.1. The molecule has 2 aromatic carbocycles. The van der Waals surface area contributed by atoms with Gasteiger partial charge in [0, 0.05) is 30.1 Å². The van der Waals surface area contributed by atoms with Gasteiger partial charge in [0.05, 0.1) is 11.6 Å². The average Bonchev–Trinajstić information content (AvgIpc) is 3.29. The van der Waals surface area contributed by atoms with E-state index in [-0.39, 0.29) is 11.8 Å². The van der Waals surface area contributed by atoms with Crippen LogP contribution in [0.4, 0.5) is 5.69 Å². The number of hydrogen-bond donors (Lipinski definition) is 0. The molecule has 1 aromatic heterocycles. The van der Waals surface area contributed by atoms with Crippen molar-refractivity contribution in [1.82, 2.24) is 10.1 Å². The fourth-order valence-electron chi connectivity index (χ4n) is 3.22. The smallest absolute Gasteiger partial charge is 0.257 e. The van der Waals surface area contributed by atoms with Crippen molar-refractivity contribution >= 4 is 11.6 Å². The van der Waals surface area contributed by atoms with E-state index in [1.54, 1.807) is 23.1 Å². The van der Waals surface area contributed by atoms with E-state index in [1.807, 2.05) is 37.3 Å². The standard InChI is InChI=1S/C20H16N4O2/c1-13-5-2-3-8-17(13)24-12-16(10-18(24)25)19-22-20(26-23-19)15-7-4-6-14(9-15)11-21/h2-9,16H,10,12H2,1H3. The Kier molecular flexibility index (Phi) is 3.98. The summed E-state index contributed by atoms with van der Waals surface area (Å²) in [5.41, 5.74) is 3.21. The van der Waals surface area contributed by atoms with Crippen LogP contribution in [0.3, 0.4) is 0 Å². The summed E-state index contributed by atoms with van der Waals surface area (Å²) >= 11 is 0. The molecule has 0 saturated carbocycles. The van der Waals surface area contributed by atoms with E-state index >= 15 is 0 Å². The van der Waals surface area contributed by atoms with Gasteiger partial charge in [0.1, 0.15) is 0 Å². The molecule has 1 aliphatic rings. The van der Waals surface area contributed by atoms with Gasteiger partial charge in [-0.05, 0) is 36.8 Å². The molecule has 26 heavy (non-hydrogen) atoms. The van der Waals surface area contributed by atoms with Crippen molar-refractivity contribution in [1.29, 1.82) is 5.26 Å². The number of aryl methyl sites for hydroxylation is 1. The van der Waals surface area contributed by atoms with E-state index in [9.17, 15) is 4.79 Å². The van der Waals surface area contributed by atoms with Crippen LogP contribution in [0.15, 0.2) is 53.1 Å². The number of hydrogen-bond acceptors (Lipinski definition) is 5. The molecular formula is C20H16N4O2. The lowest BCUT2D eigenvalue weighted by Crippen LogP contribution is -2.25. The normalized spacial score (nSPS) is 16.7. The van der Waals surface area contributed by atoms with Crippen molar-refractivity contribution in [3.8, 4) is 17.5 Å². The lowest BCUT2D eigenvalue weighted by Gasteiger charge is -2.18. The third-order valence-corrected chi connectivity index (χ3v) is 4.58. The van der Waals surface area contributed by atoms with Gasteiger partial charge in [-0.2, -0.15) is 10.2 Å². The minimum absolute atomic E-state index is 0.0575. The summed E-state index contributed by atoms with van der Waals surface area (Å²) in [4.78, 5) is 18.7. The van der Waals surface area contributed by atoms with E-state index in [4.69, 9.17) is 9.78 Å². The highest BCUT2D eigenvalue weighted by Gasteiger charge is 2.35. The van der Waals surface area contributed by atoms with E-state index in [1.165, 1.54) is 0 Å². The van der Waals surface area contributed by atoms with Crippen LogP contribution in [0.25, 0.3) is 11.5 Å². The molecule has 6 heteroatoms. The highest BCUT2D eigenvalue weighted by molar-refractivity contribution is 5.97. The highest BCUT2D eigenvalue weighted by atomic mass is 16.5. The monoisotopic (exact) mass is 344 g/mol. The maximum absolute atomic E-state index is 12.5. The summed E-state index contributed by atoms with van der Waals surface area (Å²) in [6.45, 7) is 2.52. The van der Waals surface area contributed by atoms with Crippen LogP contribution in [0.5, 0.6) is 0 Å². The molecule has 1 atom stereocenters. The van der Waals surface area contributed by atoms with Crippen LogP contribution in [0.2, 0.25) is 0 Å². The molecule has 3 aromatic rings. The first-order valence-electron chi connectivity index (χ1n) is 8.36. The molecule has 0 spiro atoms. The van der Waals surface area contributed by atoms with Crippen molar-refractivity contribution in [2.45, 2.75) is 19.3 Å². The van der Waals surface area contributed by atoms with Crippen LogP contribution in [0.1, 0.15) is 29.3 Å². The first kappa shape index (κ1) is 16.0. The average molecular weight is 344 g/mol. The fourth-order valence-corrected chi connectivity index (χ4v) is 3.22. The number of anilines is 1. The number of rotatable bonds is 3. The number of amides is 1. The molecule has 0 aliphatic carbocycles. The van der Waals surface area contributed by atoms with Gasteiger partial charge >= 0.3 is 0 Å². The largest absolute Gasteiger partial charge is 0.334 e. The Hall–Kier alpha value is -3.46. The second kappa shape index (κ2) is 6.45. The van der Waals surface area contributed by atoms with Gasteiger partial charge in [-0.3, -0.25) is 4.79 Å². The molecule has 1 saturated heterocycles. The SMILES string of the molecule is Cc1ccccc1N1CC(c2noc(-c3cccc(C#N)c3)n2)CC1=O. The predicted molar refractivity (Wildman–Crippen MR) is 95.3 cm³/mol. The molecule has 0 bridgehead atoms. The number of nitriles is 1. The zero-order chi connectivity index (χ0) is 18.1. The lowest BCUT2D eigenvalue weighted by molar-refractivity contribution is -0.117. The van der Waals surface area contributed by atoms with Gasteiger partial charge in [0.25, 0.3) is 5.89 Å². The van der Waals surface area contributed by atoms with Crippen molar-refractivity contribution in [2.24, 2.45) is 0 Å². The zero-order valence-corrected chi connectivity index (χ0v) is 14.2. The van der Waals surface area contributed by atoms with Crippen LogP contribution in [-0.4, -0.2) is 22.6 Å². The zero-order valence-electron chi connectivity index (χ0n) is 14.2. The van der Waals surface area contributed by atoms with E-state index in [0.717, 1.165) is 11.3 Å². The second-order valence-corrected chi connectivity index (χ2v) is 6.34. The number of carbonyl (C=O) groups excluding carboxylic acids is 1. The Bertz CT molecular complexity index is 1020. The molecule has 1 unspecified atom stereocenters. The second-order valence-electron chi connectivity index (χ2n) is 6.34. The summed E-state index contributed by atoms with van der Waals surface area (Å²) in [7, 11) is 0. The number of para-hydroxylation sites is 1. The maximum atomic E-state index is 12.5. The van der Waals surface area contributed by atoms with Crippen LogP contribution in [0, 0.1) is 18.3 Å². The van der Waals surface area contributed by atoms with Gasteiger partial charge < -0.3 is 9.42 Å². The first-order chi connectivity index (χ1) is 12.7. The van der Waals surface area contributed by atoms with Gasteiger partial charge in [-0.25, -0.2) is 0 Å². The van der Waals surface area contributed by atoms with Gasteiger partial charge in [0.15, 0.2) is 5.82 Å². The topological polar surface area (TPSA) is 83.0 Å². The molecule has 6 nitrogen and oxygen atoms in total. The maximum Gasteiger partial charge on any atom is 0.257 e. The van der Waals surface area contributed by atoms with E-state index in [2.05, 4.69) is 16.2 Å². The summed E-state index contributed by atoms with van der Waals surface area (Å²) < 4.78 is 5.36. The Morgan fingerprint density at radius 1 is 1.23 bits per heavy atom. The van der Waals surface area contributed by atoms with E-state index in [0.29, 0.717) is 35.8 Å². The number of aromatic nitrogens is 2. The molecular weight excluding hydrogens is 328 g/mol. The predicted octanol–water partition coefficient (Wildman–Crippen LogP) is 3.44. The van der Waals surface area contributed by atoms with Gasteiger partial charge in [0.2, 0.25) is 5.91 Å². The number of nitrogens with zero attached hydrogens (tertiary/aromatic N) is 4. The van der Waals surface area contributed by atoms with Crippen LogP contribution >= 0.6 is 0 Å². The van der Waals surface area contributed by atoms with Gasteiger partial charge in [-0.1, -0.05) is 29.4 Å². The van der Waals surface area contributed by atoms with Crippen LogP contribution < -0.4 is 4.90 Å². The number of benzene rings is 2. The summed E-state index contributed by atoms with van der Waals surface area (Å²) in [6, 6.07) is 16.9. The molecule has 0 radical (unpaired) electrons. The molecule has 2 heterocycles. The molecule has 4 rings (SSSR count). The minimum atomic E-state index is -0.112. The Morgan fingerprint density at radius 2 is 2.08 bits per heavy atom. The Balaban J connectivity index is 1.58. The van der Waals surface area contributed by atoms with Crippen molar-refractivity contribution in [3.63, 3.8) is 0 Å². The third-order valence-electron chi connectivity index (χ3n) is 4.58. The van der Waals surface area contributed by atoms with Crippen molar-refractivity contribution in [2.75, 3.05) is 11.4 Å².